The summed E-state index contributed by atoms with van der Waals surface area (Å²) in [6.07, 6.45) is 4.47. The summed E-state index contributed by atoms with van der Waals surface area (Å²) in [6, 6.07) is 0.721. The number of carbonyl (C=O) groups is 1. The predicted octanol–water partition coefficient (Wildman–Crippen LogP) is 1.74. The van der Waals surface area contributed by atoms with E-state index in [1.165, 1.54) is 19.4 Å². The molecular weight excluding hydrogens is 238 g/mol. The van der Waals surface area contributed by atoms with Gasteiger partial charge in [-0.05, 0) is 58.2 Å². The van der Waals surface area contributed by atoms with Gasteiger partial charge >= 0.3 is 0 Å². The molecule has 1 fully saturated rings. The van der Waals surface area contributed by atoms with E-state index in [1.54, 1.807) is 0 Å². The molecule has 0 spiro atoms. The molecule has 4 nitrogen and oxygen atoms in total. The van der Waals surface area contributed by atoms with E-state index < -0.39 is 5.54 Å². The molecule has 1 amide bonds. The van der Waals surface area contributed by atoms with Crippen molar-refractivity contribution in [3.8, 4) is 0 Å². The molecule has 3 N–H and O–H groups in total. The highest BCUT2D eigenvalue weighted by Crippen LogP contribution is 2.24. The first-order valence-corrected chi connectivity index (χ1v) is 7.69. The Bertz CT molecular complexity index is 293. The van der Waals surface area contributed by atoms with E-state index in [-0.39, 0.29) is 5.91 Å². The summed E-state index contributed by atoms with van der Waals surface area (Å²) in [7, 11) is 0. The van der Waals surface area contributed by atoms with Crippen LogP contribution in [-0.4, -0.2) is 42.0 Å². The summed E-state index contributed by atoms with van der Waals surface area (Å²) in [5, 5.41) is 3.22. The summed E-state index contributed by atoms with van der Waals surface area (Å²) in [5.41, 5.74) is 4.96. The molecular formula is C15H31N3O. The molecule has 0 saturated carbocycles. The normalized spacial score (nSPS) is 23.7. The van der Waals surface area contributed by atoms with E-state index in [0.717, 1.165) is 37.9 Å². The quantitative estimate of drug-likeness (QED) is 0.705. The zero-order valence-corrected chi connectivity index (χ0v) is 13.0. The Morgan fingerprint density at radius 2 is 2.21 bits per heavy atom. The maximum absolute atomic E-state index is 11.6. The lowest BCUT2D eigenvalue weighted by molar-refractivity contribution is -0.124. The van der Waals surface area contributed by atoms with E-state index in [9.17, 15) is 4.79 Å². The fraction of sp³-hybridized carbons (Fsp3) is 0.933. The number of rotatable bonds is 8. The van der Waals surface area contributed by atoms with Crippen molar-refractivity contribution >= 4 is 5.91 Å². The molecule has 1 heterocycles. The van der Waals surface area contributed by atoms with Crippen molar-refractivity contribution in [2.24, 2.45) is 11.7 Å². The molecule has 1 rings (SSSR count). The molecule has 0 aromatic heterocycles. The number of hydrogen-bond donors (Lipinski definition) is 2. The summed E-state index contributed by atoms with van der Waals surface area (Å²) < 4.78 is 0. The van der Waals surface area contributed by atoms with Gasteiger partial charge in [0.15, 0.2) is 0 Å². The fourth-order valence-electron chi connectivity index (χ4n) is 3.21. The average molecular weight is 269 g/mol. The van der Waals surface area contributed by atoms with E-state index in [1.807, 2.05) is 13.8 Å². The smallest absolute Gasteiger partial charge is 0.237 e. The molecule has 1 aliphatic rings. The second kappa shape index (κ2) is 7.25. The van der Waals surface area contributed by atoms with E-state index in [2.05, 4.69) is 24.1 Å². The molecule has 0 radical (unpaired) electrons. The third-order valence-electron chi connectivity index (χ3n) is 4.42. The largest absolute Gasteiger partial charge is 0.368 e. The van der Waals surface area contributed by atoms with Crippen LogP contribution in [0.2, 0.25) is 0 Å². The number of likely N-dealkylation sites (tertiary alicyclic amines) is 1. The van der Waals surface area contributed by atoms with Crippen LogP contribution in [0, 0.1) is 5.92 Å². The van der Waals surface area contributed by atoms with Crippen molar-refractivity contribution < 1.29 is 4.79 Å². The van der Waals surface area contributed by atoms with Gasteiger partial charge < -0.3 is 16.0 Å². The Morgan fingerprint density at radius 3 is 2.74 bits per heavy atom. The monoisotopic (exact) mass is 269 g/mol. The number of hydrogen-bond acceptors (Lipinski definition) is 3. The SMILES string of the molecule is CCNC(C)(CCCN1CCCC1C(C)C)C(N)=O. The van der Waals surface area contributed by atoms with Gasteiger partial charge in [0.05, 0.1) is 5.54 Å². The molecule has 1 saturated heterocycles. The van der Waals surface area contributed by atoms with E-state index >= 15 is 0 Å². The van der Waals surface area contributed by atoms with Gasteiger partial charge in [-0.2, -0.15) is 0 Å². The van der Waals surface area contributed by atoms with Gasteiger partial charge in [0, 0.05) is 6.04 Å². The Labute approximate surface area is 118 Å². The van der Waals surface area contributed by atoms with Crippen LogP contribution in [0.3, 0.4) is 0 Å². The first-order chi connectivity index (χ1) is 8.90. The molecule has 2 atom stereocenters. The first kappa shape index (κ1) is 16.4. The summed E-state index contributed by atoms with van der Waals surface area (Å²) in [4.78, 5) is 14.1. The lowest BCUT2D eigenvalue weighted by Crippen LogP contribution is -2.53. The minimum atomic E-state index is -0.554. The summed E-state index contributed by atoms with van der Waals surface area (Å²) >= 11 is 0. The van der Waals surface area contributed by atoms with Crippen LogP contribution >= 0.6 is 0 Å². The zero-order chi connectivity index (χ0) is 14.5. The van der Waals surface area contributed by atoms with Crippen LogP contribution < -0.4 is 11.1 Å². The van der Waals surface area contributed by atoms with Crippen molar-refractivity contribution in [3.63, 3.8) is 0 Å². The lowest BCUT2D eigenvalue weighted by atomic mass is 9.94. The number of nitrogens with zero attached hydrogens (tertiary/aromatic N) is 1. The molecule has 0 aromatic carbocycles. The number of amides is 1. The van der Waals surface area contributed by atoms with Crippen LogP contribution in [0.4, 0.5) is 0 Å². The van der Waals surface area contributed by atoms with Crippen LogP contribution in [0.15, 0.2) is 0 Å². The van der Waals surface area contributed by atoms with Crippen molar-refractivity contribution in [2.75, 3.05) is 19.6 Å². The standard InChI is InChI=1S/C15H31N3O/c1-5-17-15(4,14(16)19)9-7-11-18-10-6-8-13(18)12(2)3/h12-13,17H,5-11H2,1-4H3,(H2,16,19). The first-order valence-electron chi connectivity index (χ1n) is 7.69. The van der Waals surface area contributed by atoms with E-state index in [0.29, 0.717) is 0 Å². The molecule has 112 valence electrons. The van der Waals surface area contributed by atoms with Crippen molar-refractivity contribution in [3.05, 3.63) is 0 Å². The highest BCUT2D eigenvalue weighted by molar-refractivity contribution is 5.84. The maximum Gasteiger partial charge on any atom is 0.237 e. The van der Waals surface area contributed by atoms with Crippen LogP contribution in [-0.2, 0) is 4.79 Å². The number of nitrogens with two attached hydrogens (primary N) is 1. The summed E-state index contributed by atoms with van der Waals surface area (Å²) in [5.74, 6) is 0.481. The number of likely N-dealkylation sites (N-methyl/N-ethyl adjacent to an activating group) is 1. The molecule has 0 aromatic rings. The maximum atomic E-state index is 11.6. The van der Waals surface area contributed by atoms with Gasteiger partial charge in [0.1, 0.15) is 0 Å². The highest BCUT2D eigenvalue weighted by atomic mass is 16.1. The predicted molar refractivity (Wildman–Crippen MR) is 79.9 cm³/mol. The fourth-order valence-corrected chi connectivity index (χ4v) is 3.21. The lowest BCUT2D eigenvalue weighted by Gasteiger charge is -2.30. The molecule has 0 bridgehead atoms. The second-order valence-corrected chi connectivity index (χ2v) is 6.32. The van der Waals surface area contributed by atoms with Crippen LogP contribution in [0.1, 0.15) is 53.4 Å². The third kappa shape index (κ3) is 4.46. The molecule has 1 aliphatic heterocycles. The van der Waals surface area contributed by atoms with Crippen molar-refractivity contribution in [1.82, 2.24) is 10.2 Å². The Hall–Kier alpha value is -0.610. The van der Waals surface area contributed by atoms with Crippen molar-refractivity contribution in [1.29, 1.82) is 0 Å². The topological polar surface area (TPSA) is 58.4 Å². The molecule has 2 unspecified atom stereocenters. The zero-order valence-electron chi connectivity index (χ0n) is 13.0. The van der Waals surface area contributed by atoms with Crippen LogP contribution in [0.25, 0.3) is 0 Å². The Kier molecular flexibility index (Phi) is 6.27. The number of carbonyl (C=O) groups excluding carboxylic acids is 1. The van der Waals surface area contributed by atoms with Crippen molar-refractivity contribution in [2.45, 2.75) is 65.0 Å². The number of primary amides is 1. The van der Waals surface area contributed by atoms with Gasteiger partial charge in [0.25, 0.3) is 0 Å². The van der Waals surface area contributed by atoms with Gasteiger partial charge in [-0.25, -0.2) is 0 Å². The third-order valence-corrected chi connectivity index (χ3v) is 4.42. The molecule has 0 aliphatic carbocycles. The highest BCUT2D eigenvalue weighted by Gasteiger charge is 2.31. The van der Waals surface area contributed by atoms with Gasteiger partial charge in [-0.15, -0.1) is 0 Å². The summed E-state index contributed by atoms with van der Waals surface area (Å²) in [6.45, 7) is 11.6. The number of nitrogens with one attached hydrogen (secondary N) is 1. The van der Waals surface area contributed by atoms with E-state index in [4.69, 9.17) is 5.73 Å². The van der Waals surface area contributed by atoms with Gasteiger partial charge in [-0.1, -0.05) is 20.8 Å². The second-order valence-electron chi connectivity index (χ2n) is 6.32. The Morgan fingerprint density at radius 1 is 1.53 bits per heavy atom. The van der Waals surface area contributed by atoms with Gasteiger partial charge in [0.2, 0.25) is 5.91 Å². The Balaban J connectivity index is 2.42. The van der Waals surface area contributed by atoms with Gasteiger partial charge in [-0.3, -0.25) is 4.79 Å². The minimum absolute atomic E-state index is 0.240. The average Bonchev–Trinajstić information content (AvgIpc) is 2.77. The van der Waals surface area contributed by atoms with Crippen LogP contribution in [0.5, 0.6) is 0 Å². The molecule has 4 heteroatoms. The molecule has 19 heavy (non-hydrogen) atoms. The minimum Gasteiger partial charge on any atom is -0.368 e.